The summed E-state index contributed by atoms with van der Waals surface area (Å²) in [6.07, 6.45) is 3.52. The highest BCUT2D eigenvalue weighted by Gasteiger charge is 2.46. The summed E-state index contributed by atoms with van der Waals surface area (Å²) in [4.78, 5) is 18.7. The van der Waals surface area contributed by atoms with Gasteiger partial charge in [0.2, 0.25) is 5.91 Å². The number of amides is 1. The van der Waals surface area contributed by atoms with Crippen LogP contribution >= 0.6 is 0 Å². The van der Waals surface area contributed by atoms with Crippen LogP contribution in [-0.2, 0) is 16.1 Å². The standard InChI is InChI=1S/C18H23N3O2/c1-13-9-14(10-15-5-3-7-20-16(13)15)11-21-8-4-6-18(21,12-23-2)17(19)22/h3,5,7,9-10H,4,6,8,11-12H2,1-2H3,(H2,19,22). The number of fused-ring (bicyclic) bond motifs is 1. The Morgan fingerprint density at radius 3 is 3.04 bits per heavy atom. The maximum absolute atomic E-state index is 12.1. The molecule has 2 aromatic rings. The third-order valence-electron chi connectivity index (χ3n) is 4.79. The number of benzene rings is 1. The number of likely N-dealkylation sites (tertiary alicyclic amines) is 1. The van der Waals surface area contributed by atoms with E-state index in [0.717, 1.165) is 35.9 Å². The number of carbonyl (C=O) groups is 1. The molecule has 1 aliphatic heterocycles. The molecule has 1 saturated heterocycles. The molecule has 1 atom stereocenters. The summed E-state index contributed by atoms with van der Waals surface area (Å²) in [5.41, 5.74) is 8.37. The third kappa shape index (κ3) is 2.82. The second-order valence-electron chi connectivity index (χ2n) is 6.34. The van der Waals surface area contributed by atoms with E-state index >= 15 is 0 Å². The zero-order valence-corrected chi connectivity index (χ0v) is 13.7. The van der Waals surface area contributed by atoms with Gasteiger partial charge in [-0.05, 0) is 49.6 Å². The van der Waals surface area contributed by atoms with Gasteiger partial charge in [-0.2, -0.15) is 0 Å². The Kier molecular flexibility index (Phi) is 4.33. The summed E-state index contributed by atoms with van der Waals surface area (Å²) in [5, 5.41) is 1.12. The van der Waals surface area contributed by atoms with Crippen molar-refractivity contribution in [3.8, 4) is 0 Å². The Morgan fingerprint density at radius 1 is 1.48 bits per heavy atom. The van der Waals surface area contributed by atoms with E-state index in [2.05, 4.69) is 35.0 Å². The normalized spacial score (nSPS) is 21.8. The number of carbonyl (C=O) groups excluding carboxylic acids is 1. The molecule has 1 aromatic heterocycles. The number of primary amides is 1. The molecular formula is C18H23N3O2. The molecule has 2 heterocycles. The fourth-order valence-corrected chi connectivity index (χ4v) is 3.68. The lowest BCUT2D eigenvalue weighted by atomic mass is 9.95. The van der Waals surface area contributed by atoms with Gasteiger partial charge in [0.1, 0.15) is 5.54 Å². The Hall–Kier alpha value is -1.98. The van der Waals surface area contributed by atoms with Gasteiger partial charge in [0.25, 0.3) is 0 Å². The molecule has 2 N–H and O–H groups in total. The minimum Gasteiger partial charge on any atom is -0.382 e. The van der Waals surface area contributed by atoms with Crippen molar-refractivity contribution >= 4 is 16.8 Å². The number of aryl methyl sites for hydroxylation is 1. The molecule has 0 saturated carbocycles. The lowest BCUT2D eigenvalue weighted by Crippen LogP contribution is -2.56. The first-order valence-electron chi connectivity index (χ1n) is 7.95. The summed E-state index contributed by atoms with van der Waals surface area (Å²) in [6, 6.07) is 8.30. The van der Waals surface area contributed by atoms with E-state index in [1.807, 2.05) is 12.3 Å². The first-order valence-corrected chi connectivity index (χ1v) is 7.95. The van der Waals surface area contributed by atoms with Gasteiger partial charge < -0.3 is 10.5 Å². The molecule has 0 aliphatic carbocycles. The van der Waals surface area contributed by atoms with E-state index in [4.69, 9.17) is 10.5 Å². The van der Waals surface area contributed by atoms with E-state index in [1.165, 1.54) is 5.56 Å². The molecule has 1 aromatic carbocycles. The summed E-state index contributed by atoms with van der Waals surface area (Å²) >= 11 is 0. The van der Waals surface area contributed by atoms with Crippen molar-refractivity contribution in [2.75, 3.05) is 20.3 Å². The van der Waals surface area contributed by atoms with E-state index < -0.39 is 5.54 Å². The SMILES string of the molecule is COCC1(C(N)=O)CCCN1Cc1cc(C)c2ncccc2c1. The second-order valence-corrected chi connectivity index (χ2v) is 6.34. The first-order chi connectivity index (χ1) is 11.1. The smallest absolute Gasteiger partial charge is 0.240 e. The van der Waals surface area contributed by atoms with Crippen molar-refractivity contribution in [2.24, 2.45) is 5.73 Å². The van der Waals surface area contributed by atoms with Crippen LogP contribution in [0, 0.1) is 6.92 Å². The van der Waals surface area contributed by atoms with Gasteiger partial charge in [-0.15, -0.1) is 0 Å². The van der Waals surface area contributed by atoms with Crippen LogP contribution in [0.5, 0.6) is 0 Å². The summed E-state index contributed by atoms with van der Waals surface area (Å²) in [5.74, 6) is -0.295. The minimum atomic E-state index is -0.688. The van der Waals surface area contributed by atoms with E-state index in [0.29, 0.717) is 13.2 Å². The van der Waals surface area contributed by atoms with Gasteiger partial charge in [0.15, 0.2) is 0 Å². The quantitative estimate of drug-likeness (QED) is 0.917. The summed E-state index contributed by atoms with van der Waals surface area (Å²) in [7, 11) is 1.62. The topological polar surface area (TPSA) is 68.5 Å². The molecule has 5 heteroatoms. The van der Waals surface area contributed by atoms with E-state index in [1.54, 1.807) is 7.11 Å². The van der Waals surface area contributed by atoms with Crippen LogP contribution in [-0.4, -0.2) is 41.6 Å². The number of aromatic nitrogens is 1. The lowest BCUT2D eigenvalue weighted by Gasteiger charge is -2.35. The molecule has 1 aliphatic rings. The average Bonchev–Trinajstić information content (AvgIpc) is 2.92. The molecule has 1 fully saturated rings. The van der Waals surface area contributed by atoms with Crippen LogP contribution in [0.25, 0.3) is 10.9 Å². The molecule has 1 unspecified atom stereocenters. The molecular weight excluding hydrogens is 290 g/mol. The second kappa shape index (κ2) is 6.26. The van der Waals surface area contributed by atoms with E-state index in [-0.39, 0.29) is 5.91 Å². The maximum atomic E-state index is 12.1. The molecule has 0 radical (unpaired) electrons. The van der Waals surface area contributed by atoms with Gasteiger partial charge in [-0.3, -0.25) is 14.7 Å². The van der Waals surface area contributed by atoms with Gasteiger partial charge in [0, 0.05) is 25.2 Å². The van der Waals surface area contributed by atoms with Crippen molar-refractivity contribution in [3.63, 3.8) is 0 Å². The molecule has 3 rings (SSSR count). The molecule has 122 valence electrons. The monoisotopic (exact) mass is 313 g/mol. The minimum absolute atomic E-state index is 0.295. The van der Waals surface area contributed by atoms with Gasteiger partial charge in [0.05, 0.1) is 12.1 Å². The first kappa shape index (κ1) is 15.9. The number of hydrogen-bond donors (Lipinski definition) is 1. The van der Waals surface area contributed by atoms with Crippen LogP contribution in [0.2, 0.25) is 0 Å². The zero-order chi connectivity index (χ0) is 16.4. The fraction of sp³-hybridized carbons (Fsp3) is 0.444. The number of hydrogen-bond acceptors (Lipinski definition) is 4. The van der Waals surface area contributed by atoms with Gasteiger partial charge >= 0.3 is 0 Å². The Bertz CT molecular complexity index is 731. The summed E-state index contributed by atoms with van der Waals surface area (Å²) < 4.78 is 5.30. The molecule has 0 bridgehead atoms. The van der Waals surface area contributed by atoms with Crippen LogP contribution in [0.15, 0.2) is 30.5 Å². The Labute approximate surface area is 136 Å². The maximum Gasteiger partial charge on any atom is 0.240 e. The van der Waals surface area contributed by atoms with Crippen molar-refractivity contribution in [1.29, 1.82) is 0 Å². The highest BCUT2D eigenvalue weighted by Crippen LogP contribution is 2.32. The lowest BCUT2D eigenvalue weighted by molar-refractivity contribution is -0.132. The van der Waals surface area contributed by atoms with Gasteiger partial charge in [-0.25, -0.2) is 0 Å². The number of nitrogens with zero attached hydrogens (tertiary/aromatic N) is 2. The van der Waals surface area contributed by atoms with Crippen molar-refractivity contribution in [3.05, 3.63) is 41.6 Å². The number of rotatable bonds is 5. The average molecular weight is 313 g/mol. The van der Waals surface area contributed by atoms with Crippen LogP contribution < -0.4 is 5.73 Å². The Balaban J connectivity index is 1.93. The van der Waals surface area contributed by atoms with E-state index in [9.17, 15) is 4.79 Å². The molecule has 23 heavy (non-hydrogen) atoms. The number of ether oxygens (including phenoxy) is 1. The van der Waals surface area contributed by atoms with Crippen LogP contribution in [0.1, 0.15) is 24.0 Å². The largest absolute Gasteiger partial charge is 0.382 e. The van der Waals surface area contributed by atoms with Crippen molar-refractivity contribution in [2.45, 2.75) is 31.8 Å². The van der Waals surface area contributed by atoms with Crippen molar-refractivity contribution < 1.29 is 9.53 Å². The fourth-order valence-electron chi connectivity index (χ4n) is 3.68. The third-order valence-corrected chi connectivity index (χ3v) is 4.79. The number of nitrogens with two attached hydrogens (primary N) is 1. The number of methoxy groups -OCH3 is 1. The summed E-state index contributed by atoms with van der Waals surface area (Å²) in [6.45, 7) is 3.96. The molecule has 5 nitrogen and oxygen atoms in total. The highest BCUT2D eigenvalue weighted by atomic mass is 16.5. The van der Waals surface area contributed by atoms with Crippen LogP contribution in [0.4, 0.5) is 0 Å². The Morgan fingerprint density at radius 2 is 2.30 bits per heavy atom. The van der Waals surface area contributed by atoms with Crippen LogP contribution in [0.3, 0.4) is 0 Å². The predicted octanol–water partition coefficient (Wildman–Crippen LogP) is 2.01. The predicted molar refractivity (Wildman–Crippen MR) is 89.9 cm³/mol. The highest BCUT2D eigenvalue weighted by molar-refractivity contribution is 5.85. The van der Waals surface area contributed by atoms with Gasteiger partial charge in [-0.1, -0.05) is 12.1 Å². The molecule has 0 spiro atoms. The zero-order valence-electron chi connectivity index (χ0n) is 13.7. The number of pyridine rings is 1. The molecule has 1 amide bonds. The van der Waals surface area contributed by atoms with Crippen molar-refractivity contribution in [1.82, 2.24) is 9.88 Å².